The molecular formula is C21H23FN4O2S. The fraction of sp³-hybridized carbons (Fsp3) is 0.286. The molecule has 0 spiro atoms. The van der Waals surface area contributed by atoms with Crippen molar-refractivity contribution in [3.63, 3.8) is 0 Å². The maximum absolute atomic E-state index is 13.7. The molecule has 1 amide bonds. The Morgan fingerprint density at radius 3 is 2.55 bits per heavy atom. The second-order valence-corrected chi connectivity index (χ2v) is 7.80. The Morgan fingerprint density at radius 2 is 1.90 bits per heavy atom. The van der Waals surface area contributed by atoms with Crippen LogP contribution >= 0.6 is 11.8 Å². The number of nitrogens with zero attached hydrogens (tertiary/aromatic N) is 3. The molecule has 3 rings (SSSR count). The molecule has 0 saturated heterocycles. The summed E-state index contributed by atoms with van der Waals surface area (Å²) in [5.74, 6) is 1.21. The van der Waals surface area contributed by atoms with Gasteiger partial charge in [-0.15, -0.1) is 10.2 Å². The molecule has 0 fully saturated rings. The number of carbonyl (C=O) groups is 1. The zero-order valence-corrected chi connectivity index (χ0v) is 17.4. The summed E-state index contributed by atoms with van der Waals surface area (Å²) < 4.78 is 20.9. The molecule has 6 nitrogen and oxygen atoms in total. The summed E-state index contributed by atoms with van der Waals surface area (Å²) in [7, 11) is 1.62. The number of benzene rings is 2. The zero-order chi connectivity index (χ0) is 20.8. The first-order valence-corrected chi connectivity index (χ1v) is 10.2. The van der Waals surface area contributed by atoms with E-state index in [1.807, 2.05) is 28.8 Å². The molecule has 3 aromatic rings. The number of nitrogens with one attached hydrogen (secondary N) is 1. The number of halogens is 1. The van der Waals surface area contributed by atoms with Crippen LogP contribution in [-0.2, 0) is 11.3 Å². The van der Waals surface area contributed by atoms with E-state index < -0.39 is 5.82 Å². The summed E-state index contributed by atoms with van der Waals surface area (Å²) in [6.07, 6.45) is 0. The van der Waals surface area contributed by atoms with Gasteiger partial charge in [0.1, 0.15) is 11.6 Å². The minimum Gasteiger partial charge on any atom is -0.497 e. The molecule has 0 radical (unpaired) electrons. The number of anilines is 1. The fourth-order valence-electron chi connectivity index (χ4n) is 2.76. The van der Waals surface area contributed by atoms with E-state index >= 15 is 0 Å². The molecule has 1 heterocycles. The predicted molar refractivity (Wildman–Crippen MR) is 113 cm³/mol. The van der Waals surface area contributed by atoms with Crippen LogP contribution in [0.25, 0.3) is 11.4 Å². The van der Waals surface area contributed by atoms with Crippen LogP contribution in [-0.4, -0.2) is 33.5 Å². The zero-order valence-electron chi connectivity index (χ0n) is 16.6. The SMILES string of the molecule is COc1ccc(-c2nnc(SCC(=O)Nc3ccccc3F)n2CC(C)C)cc1. The highest BCUT2D eigenvalue weighted by molar-refractivity contribution is 7.99. The second kappa shape index (κ2) is 9.56. The molecule has 2 aromatic carbocycles. The topological polar surface area (TPSA) is 69.0 Å². The third-order valence-electron chi connectivity index (χ3n) is 4.09. The second-order valence-electron chi connectivity index (χ2n) is 6.86. The van der Waals surface area contributed by atoms with Crippen LogP contribution in [0.2, 0.25) is 0 Å². The van der Waals surface area contributed by atoms with Crippen molar-refractivity contribution in [2.24, 2.45) is 5.92 Å². The van der Waals surface area contributed by atoms with Gasteiger partial charge in [0.15, 0.2) is 11.0 Å². The van der Waals surface area contributed by atoms with Crippen molar-refractivity contribution in [1.82, 2.24) is 14.8 Å². The molecule has 0 unspecified atom stereocenters. The van der Waals surface area contributed by atoms with Crippen molar-refractivity contribution in [3.8, 4) is 17.1 Å². The summed E-state index contributed by atoms with van der Waals surface area (Å²) in [5.41, 5.74) is 1.09. The molecule has 8 heteroatoms. The number of hydrogen-bond acceptors (Lipinski definition) is 5. The van der Waals surface area contributed by atoms with Gasteiger partial charge in [-0.05, 0) is 42.3 Å². The number of rotatable bonds is 8. The Labute approximate surface area is 173 Å². The summed E-state index contributed by atoms with van der Waals surface area (Å²) in [5, 5.41) is 11.8. The van der Waals surface area contributed by atoms with Crippen molar-refractivity contribution in [1.29, 1.82) is 0 Å². The van der Waals surface area contributed by atoms with Gasteiger partial charge in [-0.1, -0.05) is 37.7 Å². The van der Waals surface area contributed by atoms with Crippen molar-refractivity contribution >= 4 is 23.4 Å². The van der Waals surface area contributed by atoms with Crippen molar-refractivity contribution < 1.29 is 13.9 Å². The lowest BCUT2D eigenvalue weighted by atomic mass is 10.2. The van der Waals surface area contributed by atoms with E-state index in [1.165, 1.54) is 23.9 Å². The highest BCUT2D eigenvalue weighted by Crippen LogP contribution is 2.27. The molecule has 29 heavy (non-hydrogen) atoms. The van der Waals surface area contributed by atoms with Gasteiger partial charge in [-0.25, -0.2) is 4.39 Å². The Morgan fingerprint density at radius 1 is 1.17 bits per heavy atom. The number of aromatic nitrogens is 3. The Balaban J connectivity index is 1.75. The Bertz CT molecular complexity index is 973. The van der Waals surface area contributed by atoms with Crippen molar-refractivity contribution in [2.75, 3.05) is 18.2 Å². The van der Waals surface area contributed by atoms with Crippen molar-refractivity contribution in [2.45, 2.75) is 25.5 Å². The van der Waals surface area contributed by atoms with Gasteiger partial charge in [0.2, 0.25) is 5.91 Å². The van der Waals surface area contributed by atoms with Gasteiger partial charge in [0, 0.05) is 12.1 Å². The summed E-state index contributed by atoms with van der Waals surface area (Å²) >= 11 is 1.28. The van der Waals surface area contributed by atoms with Crippen LogP contribution in [0.3, 0.4) is 0 Å². The normalized spacial score (nSPS) is 10.9. The van der Waals surface area contributed by atoms with E-state index in [-0.39, 0.29) is 17.3 Å². The molecule has 0 atom stereocenters. The van der Waals surface area contributed by atoms with Crippen LogP contribution in [0, 0.1) is 11.7 Å². The predicted octanol–water partition coefficient (Wildman–Crippen LogP) is 4.48. The molecule has 0 bridgehead atoms. The van der Waals surface area contributed by atoms with E-state index in [9.17, 15) is 9.18 Å². The average Bonchev–Trinajstić information content (AvgIpc) is 3.10. The van der Waals surface area contributed by atoms with Crippen molar-refractivity contribution in [3.05, 3.63) is 54.3 Å². The van der Waals surface area contributed by atoms with E-state index in [4.69, 9.17) is 4.74 Å². The highest BCUT2D eigenvalue weighted by atomic mass is 32.2. The fourth-order valence-corrected chi connectivity index (χ4v) is 3.51. The standard InChI is InChI=1S/C21H23FN4O2S/c1-14(2)12-26-20(15-8-10-16(28-3)11-9-15)24-25-21(26)29-13-19(27)23-18-7-5-4-6-17(18)22/h4-11,14H,12-13H2,1-3H3,(H,23,27). The molecule has 0 aliphatic carbocycles. The highest BCUT2D eigenvalue weighted by Gasteiger charge is 2.17. The molecule has 0 aliphatic rings. The van der Waals surface area contributed by atoms with Crippen LogP contribution in [0.5, 0.6) is 5.75 Å². The maximum atomic E-state index is 13.7. The van der Waals surface area contributed by atoms with Gasteiger partial charge in [0.05, 0.1) is 18.6 Å². The number of para-hydroxylation sites is 1. The first-order valence-electron chi connectivity index (χ1n) is 9.22. The van der Waals surface area contributed by atoms with Crippen LogP contribution < -0.4 is 10.1 Å². The molecule has 0 saturated carbocycles. The largest absolute Gasteiger partial charge is 0.497 e. The van der Waals surface area contributed by atoms with E-state index in [0.29, 0.717) is 17.6 Å². The smallest absolute Gasteiger partial charge is 0.234 e. The molecule has 152 valence electrons. The molecular weight excluding hydrogens is 391 g/mol. The van der Waals surface area contributed by atoms with Gasteiger partial charge in [0.25, 0.3) is 0 Å². The summed E-state index contributed by atoms with van der Waals surface area (Å²) in [4.78, 5) is 12.2. The molecule has 1 N–H and O–H groups in total. The quantitative estimate of drug-likeness (QED) is 0.551. The number of ether oxygens (including phenoxy) is 1. The van der Waals surface area contributed by atoms with Gasteiger partial charge < -0.3 is 14.6 Å². The lowest BCUT2D eigenvalue weighted by Gasteiger charge is -2.13. The van der Waals surface area contributed by atoms with E-state index in [0.717, 1.165) is 17.1 Å². The molecule has 1 aromatic heterocycles. The van der Waals surface area contributed by atoms with Gasteiger partial charge >= 0.3 is 0 Å². The lowest BCUT2D eigenvalue weighted by Crippen LogP contribution is -2.16. The monoisotopic (exact) mass is 414 g/mol. The summed E-state index contributed by atoms with van der Waals surface area (Å²) in [6, 6.07) is 13.7. The minimum absolute atomic E-state index is 0.104. The van der Waals surface area contributed by atoms with Crippen LogP contribution in [0.1, 0.15) is 13.8 Å². The van der Waals surface area contributed by atoms with E-state index in [2.05, 4.69) is 29.4 Å². The third-order valence-corrected chi connectivity index (χ3v) is 5.06. The number of methoxy groups -OCH3 is 1. The third kappa shape index (κ3) is 5.35. The summed E-state index contributed by atoms with van der Waals surface area (Å²) in [6.45, 7) is 4.93. The molecule has 0 aliphatic heterocycles. The number of carbonyl (C=O) groups excluding carboxylic acids is 1. The Kier molecular flexibility index (Phi) is 6.87. The number of amides is 1. The maximum Gasteiger partial charge on any atom is 0.234 e. The van der Waals surface area contributed by atoms with Crippen LogP contribution in [0.4, 0.5) is 10.1 Å². The first-order chi connectivity index (χ1) is 14.0. The van der Waals surface area contributed by atoms with Gasteiger partial charge in [-0.3, -0.25) is 4.79 Å². The lowest BCUT2D eigenvalue weighted by molar-refractivity contribution is -0.113. The number of hydrogen-bond donors (Lipinski definition) is 1. The van der Waals surface area contributed by atoms with Crippen LogP contribution in [0.15, 0.2) is 53.7 Å². The van der Waals surface area contributed by atoms with E-state index in [1.54, 1.807) is 19.2 Å². The first kappa shape index (κ1) is 20.9. The minimum atomic E-state index is -0.462. The average molecular weight is 415 g/mol. The number of thioether (sulfide) groups is 1. The Hall–Kier alpha value is -2.87. The van der Waals surface area contributed by atoms with Gasteiger partial charge in [-0.2, -0.15) is 0 Å².